The van der Waals surface area contributed by atoms with Crippen LogP contribution in [0, 0.1) is 17.5 Å². The number of hydrogen-bond donors (Lipinski definition) is 2. The van der Waals surface area contributed by atoms with E-state index < -0.39 is 34.7 Å². The SMILES string of the molecule is CN1CCN(C(CC(=O)O)c2ccc(C3(c4ccc(F)cc4)C(=O)Nc4c3ccc(F)c4F)cc2)CC1. The number of nitrogens with zero attached hydrogens (tertiary/aromatic N) is 2. The van der Waals surface area contributed by atoms with Crippen molar-refractivity contribution in [1.29, 1.82) is 0 Å². The van der Waals surface area contributed by atoms with Crippen LogP contribution >= 0.6 is 0 Å². The molecule has 37 heavy (non-hydrogen) atoms. The Morgan fingerprint density at radius 3 is 2.14 bits per heavy atom. The molecule has 1 fully saturated rings. The fraction of sp³-hybridized carbons (Fsp3) is 0.286. The molecular formula is C28H26F3N3O3. The summed E-state index contributed by atoms with van der Waals surface area (Å²) in [6, 6.07) is 14.3. The molecule has 2 atom stereocenters. The van der Waals surface area contributed by atoms with Gasteiger partial charge in [0.25, 0.3) is 0 Å². The molecule has 1 saturated heterocycles. The fourth-order valence-electron chi connectivity index (χ4n) is 5.47. The predicted molar refractivity (Wildman–Crippen MR) is 132 cm³/mol. The third-order valence-electron chi connectivity index (χ3n) is 7.43. The van der Waals surface area contributed by atoms with Crippen LogP contribution in [0.4, 0.5) is 18.9 Å². The van der Waals surface area contributed by atoms with Crippen LogP contribution in [0.1, 0.15) is 34.7 Å². The monoisotopic (exact) mass is 509 g/mol. The van der Waals surface area contributed by atoms with Crippen LogP contribution < -0.4 is 5.32 Å². The quantitative estimate of drug-likeness (QED) is 0.522. The van der Waals surface area contributed by atoms with Crippen LogP contribution in [0.25, 0.3) is 0 Å². The van der Waals surface area contributed by atoms with Crippen molar-refractivity contribution < 1.29 is 27.9 Å². The smallest absolute Gasteiger partial charge is 0.305 e. The van der Waals surface area contributed by atoms with E-state index in [1.165, 1.54) is 30.3 Å². The van der Waals surface area contributed by atoms with E-state index in [-0.39, 0.29) is 23.7 Å². The zero-order chi connectivity index (χ0) is 26.3. The summed E-state index contributed by atoms with van der Waals surface area (Å²) in [6.07, 6.45) is -0.0834. The van der Waals surface area contributed by atoms with Crippen molar-refractivity contribution in [2.75, 3.05) is 38.5 Å². The number of anilines is 1. The van der Waals surface area contributed by atoms with Crippen molar-refractivity contribution in [3.05, 3.63) is 100 Å². The molecule has 2 unspecified atom stereocenters. The molecule has 0 aliphatic carbocycles. The molecule has 2 N–H and O–H groups in total. The number of carbonyl (C=O) groups excluding carboxylic acids is 1. The second kappa shape index (κ2) is 9.64. The Hall–Kier alpha value is -3.69. The molecule has 1 amide bonds. The van der Waals surface area contributed by atoms with Gasteiger partial charge in [0.15, 0.2) is 11.6 Å². The Labute approximate surface area is 212 Å². The van der Waals surface area contributed by atoms with E-state index in [4.69, 9.17) is 0 Å². The maximum Gasteiger partial charge on any atom is 0.305 e. The minimum Gasteiger partial charge on any atom is -0.481 e. The second-order valence-corrected chi connectivity index (χ2v) is 9.57. The van der Waals surface area contributed by atoms with Gasteiger partial charge in [0.1, 0.15) is 11.2 Å². The highest BCUT2D eigenvalue weighted by Gasteiger charge is 2.51. The minimum atomic E-state index is -1.55. The number of carboxylic acids is 1. The second-order valence-electron chi connectivity index (χ2n) is 9.57. The van der Waals surface area contributed by atoms with Gasteiger partial charge in [-0.2, -0.15) is 0 Å². The molecule has 3 aromatic carbocycles. The minimum absolute atomic E-state index is 0.0834. The average Bonchev–Trinajstić information content (AvgIpc) is 3.19. The van der Waals surface area contributed by atoms with E-state index in [1.54, 1.807) is 24.3 Å². The summed E-state index contributed by atoms with van der Waals surface area (Å²) in [5.74, 6) is -4.26. The molecule has 0 aromatic heterocycles. The largest absolute Gasteiger partial charge is 0.481 e. The van der Waals surface area contributed by atoms with Gasteiger partial charge >= 0.3 is 5.97 Å². The molecule has 5 rings (SSSR count). The van der Waals surface area contributed by atoms with Crippen LogP contribution in [0.2, 0.25) is 0 Å². The van der Waals surface area contributed by atoms with Gasteiger partial charge in [0.05, 0.1) is 12.1 Å². The molecule has 2 heterocycles. The van der Waals surface area contributed by atoms with Gasteiger partial charge in [0, 0.05) is 37.8 Å². The lowest BCUT2D eigenvalue weighted by Gasteiger charge is -2.38. The number of benzene rings is 3. The Bertz CT molecular complexity index is 1340. The number of rotatable bonds is 6. The number of amides is 1. The molecule has 0 saturated carbocycles. The Morgan fingerprint density at radius 2 is 1.54 bits per heavy atom. The van der Waals surface area contributed by atoms with Crippen molar-refractivity contribution in [2.45, 2.75) is 17.9 Å². The highest BCUT2D eigenvalue weighted by molar-refractivity contribution is 6.11. The van der Waals surface area contributed by atoms with Crippen LogP contribution in [0.5, 0.6) is 0 Å². The number of halogens is 3. The van der Waals surface area contributed by atoms with Gasteiger partial charge in [-0.05, 0) is 41.9 Å². The van der Waals surface area contributed by atoms with Gasteiger partial charge in [-0.25, -0.2) is 13.2 Å². The zero-order valence-electron chi connectivity index (χ0n) is 20.2. The Morgan fingerprint density at radius 1 is 0.946 bits per heavy atom. The van der Waals surface area contributed by atoms with Crippen LogP contribution in [-0.4, -0.2) is 60.0 Å². The lowest BCUT2D eigenvalue weighted by molar-refractivity contribution is -0.138. The van der Waals surface area contributed by atoms with Crippen molar-refractivity contribution >= 4 is 17.6 Å². The number of nitrogens with one attached hydrogen (secondary N) is 1. The van der Waals surface area contributed by atoms with Crippen molar-refractivity contribution in [3.63, 3.8) is 0 Å². The average molecular weight is 510 g/mol. The summed E-state index contributed by atoms with van der Waals surface area (Å²) in [7, 11) is 2.02. The van der Waals surface area contributed by atoms with Crippen LogP contribution in [0.15, 0.2) is 60.7 Å². The summed E-state index contributed by atoms with van der Waals surface area (Å²) < 4.78 is 42.5. The molecule has 2 aliphatic rings. The number of likely N-dealkylation sites (N-methyl/N-ethyl adjacent to an activating group) is 1. The van der Waals surface area contributed by atoms with Gasteiger partial charge in [0.2, 0.25) is 5.91 Å². The highest BCUT2D eigenvalue weighted by atomic mass is 19.2. The number of fused-ring (bicyclic) bond motifs is 1. The number of carboxylic acid groups (broad SMARTS) is 1. The lowest BCUT2D eigenvalue weighted by atomic mass is 9.70. The molecule has 0 spiro atoms. The van der Waals surface area contributed by atoms with Gasteiger partial charge in [-0.1, -0.05) is 42.5 Å². The van der Waals surface area contributed by atoms with Crippen LogP contribution in [-0.2, 0) is 15.0 Å². The molecule has 6 nitrogen and oxygen atoms in total. The Balaban J connectivity index is 1.62. The summed E-state index contributed by atoms with van der Waals surface area (Å²) >= 11 is 0. The predicted octanol–water partition coefficient (Wildman–Crippen LogP) is 4.15. The van der Waals surface area contributed by atoms with E-state index in [0.717, 1.165) is 37.8 Å². The van der Waals surface area contributed by atoms with E-state index >= 15 is 0 Å². The molecule has 192 valence electrons. The van der Waals surface area contributed by atoms with E-state index in [0.29, 0.717) is 11.1 Å². The molecular weight excluding hydrogens is 483 g/mol. The maximum atomic E-state index is 14.7. The lowest BCUT2D eigenvalue weighted by Crippen LogP contribution is -2.46. The van der Waals surface area contributed by atoms with E-state index in [1.807, 2.05) is 7.05 Å². The fourth-order valence-corrected chi connectivity index (χ4v) is 5.47. The van der Waals surface area contributed by atoms with Crippen molar-refractivity contribution in [3.8, 4) is 0 Å². The summed E-state index contributed by atoms with van der Waals surface area (Å²) in [4.78, 5) is 29.6. The molecule has 2 aliphatic heterocycles. The van der Waals surface area contributed by atoms with Crippen molar-refractivity contribution in [1.82, 2.24) is 9.80 Å². The number of aliphatic carboxylic acids is 1. The normalized spacial score (nSPS) is 20.9. The third kappa shape index (κ3) is 4.28. The Kier molecular flexibility index (Phi) is 6.51. The third-order valence-corrected chi connectivity index (χ3v) is 7.43. The first-order chi connectivity index (χ1) is 17.7. The topological polar surface area (TPSA) is 72.9 Å². The first-order valence-electron chi connectivity index (χ1n) is 12.0. The number of carbonyl (C=O) groups is 2. The van der Waals surface area contributed by atoms with Gasteiger partial charge in [-0.3, -0.25) is 14.5 Å². The number of hydrogen-bond acceptors (Lipinski definition) is 4. The zero-order valence-corrected chi connectivity index (χ0v) is 20.2. The summed E-state index contributed by atoms with van der Waals surface area (Å²) in [6.45, 7) is 3.08. The molecule has 0 radical (unpaired) electrons. The van der Waals surface area contributed by atoms with E-state index in [9.17, 15) is 27.9 Å². The highest BCUT2D eigenvalue weighted by Crippen LogP contribution is 2.49. The maximum absolute atomic E-state index is 14.7. The number of piperazine rings is 1. The summed E-state index contributed by atoms with van der Waals surface area (Å²) in [5.41, 5.74) is 0.0553. The van der Waals surface area contributed by atoms with E-state index in [2.05, 4.69) is 15.1 Å². The first kappa shape index (κ1) is 25.0. The molecule has 0 bridgehead atoms. The molecule has 9 heteroatoms. The summed E-state index contributed by atoms with van der Waals surface area (Å²) in [5, 5.41) is 12.1. The van der Waals surface area contributed by atoms with Crippen molar-refractivity contribution in [2.24, 2.45) is 0 Å². The van der Waals surface area contributed by atoms with Crippen LogP contribution in [0.3, 0.4) is 0 Å². The van der Waals surface area contributed by atoms with Gasteiger partial charge in [-0.15, -0.1) is 0 Å². The first-order valence-corrected chi connectivity index (χ1v) is 12.0. The van der Waals surface area contributed by atoms with Gasteiger partial charge < -0.3 is 15.3 Å². The standard InChI is InChI=1S/C28H26F3N3O3/c1-33-12-14-34(15-13-33)23(16-24(35)36)17-2-4-18(5-3-17)28(19-6-8-20(29)9-7-19)21-10-11-22(30)25(31)26(21)32-27(28)37/h2-11,23H,12-16H2,1H3,(H,32,37)(H,35,36). The molecule has 3 aromatic rings.